The second-order valence-electron chi connectivity index (χ2n) is 4.90. The van der Waals surface area contributed by atoms with Crippen LogP contribution >= 0.6 is 0 Å². The number of carboxylic acid groups (broad SMARTS) is 1. The molecule has 0 heterocycles. The quantitative estimate of drug-likeness (QED) is 0.798. The van der Waals surface area contributed by atoms with E-state index in [0.29, 0.717) is 0 Å². The molecule has 3 N–H and O–H groups in total. The first-order valence-corrected chi connectivity index (χ1v) is 5.53. The minimum atomic E-state index is -1.12. The summed E-state index contributed by atoms with van der Waals surface area (Å²) in [6, 6.07) is 5.03. The monoisotopic (exact) mass is 251 g/mol. The van der Waals surface area contributed by atoms with Crippen LogP contribution in [-0.4, -0.2) is 22.6 Å². The van der Waals surface area contributed by atoms with E-state index in [0.717, 1.165) is 0 Å². The van der Waals surface area contributed by atoms with E-state index in [2.05, 4.69) is 0 Å². The standard InChI is InChI=1S/C13H17NO4/c1-13(2,3)18-12(17)10(14)8-6-4-5-7-9(8)11(15)16/h4-7,10H,14H2,1-3H3,(H,15,16). The average Bonchev–Trinajstić information content (AvgIpc) is 2.25. The van der Waals surface area contributed by atoms with Gasteiger partial charge in [-0.15, -0.1) is 0 Å². The number of hydrogen-bond acceptors (Lipinski definition) is 4. The molecule has 5 heteroatoms. The van der Waals surface area contributed by atoms with Gasteiger partial charge in [0.25, 0.3) is 0 Å². The Kier molecular flexibility index (Phi) is 4.08. The summed E-state index contributed by atoms with van der Waals surface area (Å²) >= 11 is 0. The second-order valence-corrected chi connectivity index (χ2v) is 4.90. The van der Waals surface area contributed by atoms with Crippen molar-refractivity contribution >= 4 is 11.9 Å². The van der Waals surface area contributed by atoms with E-state index in [9.17, 15) is 9.59 Å². The molecule has 1 aromatic rings. The van der Waals surface area contributed by atoms with Gasteiger partial charge in [-0.1, -0.05) is 18.2 Å². The molecule has 0 fully saturated rings. The van der Waals surface area contributed by atoms with Gasteiger partial charge in [-0.3, -0.25) is 0 Å². The van der Waals surface area contributed by atoms with Crippen molar-refractivity contribution in [3.05, 3.63) is 35.4 Å². The summed E-state index contributed by atoms with van der Waals surface area (Å²) in [5.41, 5.74) is 5.35. The molecule has 0 radical (unpaired) electrons. The maximum atomic E-state index is 11.8. The molecule has 1 aromatic carbocycles. The van der Waals surface area contributed by atoms with E-state index < -0.39 is 23.6 Å². The van der Waals surface area contributed by atoms with Crippen molar-refractivity contribution in [2.45, 2.75) is 32.4 Å². The summed E-state index contributed by atoms with van der Waals surface area (Å²) in [5.74, 6) is -1.76. The Labute approximate surface area is 106 Å². The molecule has 0 aliphatic carbocycles. The van der Waals surface area contributed by atoms with E-state index in [-0.39, 0.29) is 11.1 Å². The number of carbonyl (C=O) groups excluding carboxylic acids is 1. The fourth-order valence-corrected chi connectivity index (χ4v) is 1.46. The molecule has 18 heavy (non-hydrogen) atoms. The molecule has 1 rings (SSSR count). The third kappa shape index (κ3) is 3.56. The highest BCUT2D eigenvalue weighted by atomic mass is 16.6. The van der Waals surface area contributed by atoms with Crippen LogP contribution in [0.1, 0.15) is 42.7 Å². The van der Waals surface area contributed by atoms with Crippen molar-refractivity contribution < 1.29 is 19.4 Å². The van der Waals surface area contributed by atoms with Crippen LogP contribution in [0.5, 0.6) is 0 Å². The molecule has 5 nitrogen and oxygen atoms in total. The summed E-state index contributed by atoms with van der Waals surface area (Å²) in [5, 5.41) is 9.02. The topological polar surface area (TPSA) is 89.6 Å². The molecule has 0 saturated carbocycles. The molecule has 1 unspecified atom stereocenters. The number of carbonyl (C=O) groups is 2. The predicted molar refractivity (Wildman–Crippen MR) is 66.2 cm³/mol. The lowest BCUT2D eigenvalue weighted by Gasteiger charge is -2.22. The van der Waals surface area contributed by atoms with Crippen molar-refractivity contribution in [2.24, 2.45) is 5.73 Å². The van der Waals surface area contributed by atoms with Gasteiger partial charge in [-0.25, -0.2) is 9.59 Å². The lowest BCUT2D eigenvalue weighted by molar-refractivity contribution is -0.156. The van der Waals surface area contributed by atoms with E-state index in [1.807, 2.05) is 0 Å². The van der Waals surface area contributed by atoms with E-state index >= 15 is 0 Å². The van der Waals surface area contributed by atoms with Crippen LogP contribution in [0.2, 0.25) is 0 Å². The molecule has 0 saturated heterocycles. The number of aromatic carboxylic acids is 1. The van der Waals surface area contributed by atoms with Crippen LogP contribution in [0.4, 0.5) is 0 Å². The Balaban J connectivity index is 3.00. The Hall–Kier alpha value is -1.88. The van der Waals surface area contributed by atoms with Gasteiger partial charge >= 0.3 is 11.9 Å². The molecule has 1 atom stereocenters. The minimum Gasteiger partial charge on any atom is -0.478 e. The lowest BCUT2D eigenvalue weighted by Crippen LogP contribution is -2.32. The largest absolute Gasteiger partial charge is 0.478 e. The van der Waals surface area contributed by atoms with Gasteiger partial charge in [0.05, 0.1) is 5.56 Å². The summed E-state index contributed by atoms with van der Waals surface area (Å²) in [6.07, 6.45) is 0. The first-order valence-electron chi connectivity index (χ1n) is 5.53. The normalized spacial score (nSPS) is 12.9. The van der Waals surface area contributed by atoms with Crippen LogP contribution in [0.15, 0.2) is 24.3 Å². The number of nitrogens with two attached hydrogens (primary N) is 1. The molecule has 0 spiro atoms. The van der Waals surface area contributed by atoms with Crippen molar-refractivity contribution in [3.63, 3.8) is 0 Å². The maximum absolute atomic E-state index is 11.8. The Morgan fingerprint density at radius 2 is 1.83 bits per heavy atom. The number of benzene rings is 1. The zero-order chi connectivity index (χ0) is 13.9. The Morgan fingerprint density at radius 3 is 2.33 bits per heavy atom. The van der Waals surface area contributed by atoms with Gasteiger partial charge in [-0.2, -0.15) is 0 Å². The molecule has 0 amide bonds. The predicted octanol–water partition coefficient (Wildman–Crippen LogP) is 1.73. The van der Waals surface area contributed by atoms with Crippen molar-refractivity contribution in [3.8, 4) is 0 Å². The molecule has 98 valence electrons. The number of carboxylic acids is 1. The molecule has 0 aromatic heterocycles. The Morgan fingerprint density at radius 1 is 1.28 bits per heavy atom. The molecule has 0 aliphatic heterocycles. The van der Waals surface area contributed by atoms with Crippen LogP contribution < -0.4 is 5.73 Å². The minimum absolute atomic E-state index is 0.0101. The summed E-state index contributed by atoms with van der Waals surface area (Å²) in [4.78, 5) is 22.8. The fraction of sp³-hybridized carbons (Fsp3) is 0.385. The fourth-order valence-electron chi connectivity index (χ4n) is 1.46. The number of ether oxygens (including phenoxy) is 1. The van der Waals surface area contributed by atoms with Crippen molar-refractivity contribution in [2.75, 3.05) is 0 Å². The van der Waals surface area contributed by atoms with Crippen LogP contribution in [0.3, 0.4) is 0 Å². The number of hydrogen-bond donors (Lipinski definition) is 2. The number of esters is 1. The summed E-state index contributed by atoms with van der Waals surface area (Å²) in [6.45, 7) is 5.17. The number of rotatable bonds is 3. The van der Waals surface area contributed by atoms with Gasteiger partial charge in [0.1, 0.15) is 11.6 Å². The third-order valence-electron chi connectivity index (χ3n) is 2.19. The van der Waals surface area contributed by atoms with Gasteiger partial charge < -0.3 is 15.6 Å². The summed E-state index contributed by atoms with van der Waals surface area (Å²) in [7, 11) is 0. The highest BCUT2D eigenvalue weighted by molar-refractivity contribution is 5.92. The van der Waals surface area contributed by atoms with Gasteiger partial charge in [-0.05, 0) is 32.4 Å². The maximum Gasteiger partial charge on any atom is 0.336 e. The second kappa shape index (κ2) is 5.18. The molecule has 0 bridgehead atoms. The first-order chi connectivity index (χ1) is 8.22. The zero-order valence-electron chi connectivity index (χ0n) is 10.6. The molecular weight excluding hydrogens is 234 g/mol. The third-order valence-corrected chi connectivity index (χ3v) is 2.19. The van der Waals surface area contributed by atoms with Gasteiger partial charge in [0, 0.05) is 0 Å². The van der Waals surface area contributed by atoms with E-state index in [4.69, 9.17) is 15.6 Å². The highest BCUT2D eigenvalue weighted by Gasteiger charge is 2.26. The smallest absolute Gasteiger partial charge is 0.336 e. The SMILES string of the molecule is CC(C)(C)OC(=O)C(N)c1ccccc1C(=O)O. The van der Waals surface area contributed by atoms with Crippen LogP contribution in [0.25, 0.3) is 0 Å². The van der Waals surface area contributed by atoms with Gasteiger partial charge in [0.15, 0.2) is 0 Å². The van der Waals surface area contributed by atoms with Gasteiger partial charge in [0.2, 0.25) is 0 Å². The van der Waals surface area contributed by atoms with E-state index in [1.165, 1.54) is 12.1 Å². The van der Waals surface area contributed by atoms with E-state index in [1.54, 1.807) is 32.9 Å². The summed E-state index contributed by atoms with van der Waals surface area (Å²) < 4.78 is 5.13. The average molecular weight is 251 g/mol. The van der Waals surface area contributed by atoms with Crippen molar-refractivity contribution in [1.29, 1.82) is 0 Å². The highest BCUT2D eigenvalue weighted by Crippen LogP contribution is 2.20. The Bertz CT molecular complexity index is 462. The lowest BCUT2D eigenvalue weighted by atomic mass is 10.0. The van der Waals surface area contributed by atoms with Crippen molar-refractivity contribution in [1.82, 2.24) is 0 Å². The van der Waals surface area contributed by atoms with Crippen LogP contribution in [-0.2, 0) is 9.53 Å². The molecule has 0 aliphatic rings. The molecular formula is C13H17NO4. The zero-order valence-corrected chi connectivity index (χ0v) is 10.6. The van der Waals surface area contributed by atoms with Crippen LogP contribution in [0, 0.1) is 0 Å². The first kappa shape index (κ1) is 14.2.